The molecule has 3 amide bonds. The molecule has 0 saturated heterocycles. The van der Waals surface area contributed by atoms with E-state index in [0.29, 0.717) is 37.7 Å². The Labute approximate surface area is 230 Å². The SMILES string of the molecule is N#C/C(=C\c1ccc(Sc2nc3ccc(N4C(=O)c5ccccc5C4=O)cc3s2)o1)C(=O)Nc1ccccc1. The number of rotatable bonds is 6. The summed E-state index contributed by atoms with van der Waals surface area (Å²) in [4.78, 5) is 44.0. The van der Waals surface area contributed by atoms with E-state index in [4.69, 9.17) is 4.42 Å². The molecule has 0 radical (unpaired) electrons. The van der Waals surface area contributed by atoms with E-state index in [-0.39, 0.29) is 17.4 Å². The van der Waals surface area contributed by atoms with E-state index in [1.54, 1.807) is 78.9 Å². The lowest BCUT2D eigenvalue weighted by atomic mass is 10.1. The van der Waals surface area contributed by atoms with Crippen LogP contribution in [0.4, 0.5) is 11.4 Å². The first-order valence-electron chi connectivity index (χ1n) is 11.6. The lowest BCUT2D eigenvalue weighted by Gasteiger charge is -2.13. The van der Waals surface area contributed by atoms with Gasteiger partial charge in [-0.3, -0.25) is 14.4 Å². The third-order valence-electron chi connectivity index (χ3n) is 5.88. The number of benzene rings is 3. The Bertz CT molecular complexity index is 1810. The Hall–Kier alpha value is -4.98. The number of hydrogen-bond acceptors (Lipinski definition) is 8. The normalized spacial score (nSPS) is 13.0. The zero-order chi connectivity index (χ0) is 26.9. The average molecular weight is 549 g/mol. The van der Waals surface area contributed by atoms with Gasteiger partial charge in [0.1, 0.15) is 17.4 Å². The van der Waals surface area contributed by atoms with Crippen LogP contribution >= 0.6 is 23.1 Å². The lowest BCUT2D eigenvalue weighted by Crippen LogP contribution is -2.29. The molecular formula is C29H16N4O4S2. The monoisotopic (exact) mass is 548 g/mol. The number of fused-ring (bicyclic) bond motifs is 2. The first-order valence-corrected chi connectivity index (χ1v) is 13.3. The molecule has 0 unspecified atom stereocenters. The average Bonchev–Trinajstić information content (AvgIpc) is 3.63. The van der Waals surface area contributed by atoms with Gasteiger partial charge in [0.15, 0.2) is 9.43 Å². The summed E-state index contributed by atoms with van der Waals surface area (Å²) < 4.78 is 7.31. The number of imide groups is 1. The number of anilines is 2. The van der Waals surface area contributed by atoms with Crippen molar-refractivity contribution < 1.29 is 18.8 Å². The highest BCUT2D eigenvalue weighted by atomic mass is 32.2. The maximum Gasteiger partial charge on any atom is 0.266 e. The summed E-state index contributed by atoms with van der Waals surface area (Å²) in [5.74, 6) is -0.875. The minimum absolute atomic E-state index is 0.0922. The van der Waals surface area contributed by atoms with Gasteiger partial charge >= 0.3 is 0 Å². The Morgan fingerprint density at radius 1 is 0.974 bits per heavy atom. The number of para-hydroxylation sites is 1. The highest BCUT2D eigenvalue weighted by Gasteiger charge is 2.36. The Balaban J connectivity index is 1.19. The van der Waals surface area contributed by atoms with Gasteiger partial charge in [-0.1, -0.05) is 30.3 Å². The number of nitriles is 1. The van der Waals surface area contributed by atoms with Crippen LogP contribution in [0.3, 0.4) is 0 Å². The summed E-state index contributed by atoms with van der Waals surface area (Å²) in [6, 6.07) is 26.2. The third kappa shape index (κ3) is 4.72. The van der Waals surface area contributed by atoms with Gasteiger partial charge < -0.3 is 9.73 Å². The molecule has 188 valence electrons. The fourth-order valence-electron chi connectivity index (χ4n) is 4.06. The van der Waals surface area contributed by atoms with Crippen LogP contribution in [0.5, 0.6) is 0 Å². The van der Waals surface area contributed by atoms with Crippen molar-refractivity contribution >= 4 is 68.5 Å². The minimum atomic E-state index is -0.533. The van der Waals surface area contributed by atoms with Crippen LogP contribution in [-0.2, 0) is 4.79 Å². The Morgan fingerprint density at radius 3 is 2.41 bits per heavy atom. The topological polar surface area (TPSA) is 116 Å². The van der Waals surface area contributed by atoms with Crippen LogP contribution in [-0.4, -0.2) is 22.7 Å². The molecule has 2 aromatic heterocycles. The van der Waals surface area contributed by atoms with Crippen molar-refractivity contribution in [1.82, 2.24) is 4.98 Å². The van der Waals surface area contributed by atoms with Crippen molar-refractivity contribution in [3.8, 4) is 6.07 Å². The summed E-state index contributed by atoms with van der Waals surface area (Å²) in [6.45, 7) is 0. The number of nitrogens with one attached hydrogen (secondary N) is 1. The van der Waals surface area contributed by atoms with Gasteiger partial charge in [0.2, 0.25) is 0 Å². The van der Waals surface area contributed by atoms with Crippen LogP contribution in [0.15, 0.2) is 104 Å². The van der Waals surface area contributed by atoms with Crippen LogP contribution in [0, 0.1) is 11.3 Å². The Kier molecular flexibility index (Phi) is 6.28. The molecule has 0 saturated carbocycles. The molecule has 3 aromatic carbocycles. The van der Waals surface area contributed by atoms with Gasteiger partial charge in [0.05, 0.1) is 27.0 Å². The van der Waals surface area contributed by atoms with Gasteiger partial charge in [-0.2, -0.15) is 5.26 Å². The van der Waals surface area contributed by atoms with Crippen molar-refractivity contribution in [2.45, 2.75) is 9.43 Å². The molecule has 0 aliphatic carbocycles. The molecule has 8 nitrogen and oxygen atoms in total. The third-order valence-corrected chi connectivity index (χ3v) is 7.88. The molecule has 39 heavy (non-hydrogen) atoms. The summed E-state index contributed by atoms with van der Waals surface area (Å²) in [5, 5.41) is 12.7. The number of thiazole rings is 1. The van der Waals surface area contributed by atoms with Gasteiger partial charge in [-0.25, -0.2) is 9.88 Å². The zero-order valence-electron chi connectivity index (χ0n) is 20.0. The molecule has 1 N–H and O–H groups in total. The lowest BCUT2D eigenvalue weighted by molar-refractivity contribution is -0.112. The fraction of sp³-hybridized carbons (Fsp3) is 0. The quantitative estimate of drug-likeness (QED) is 0.149. The smallest absolute Gasteiger partial charge is 0.266 e. The molecule has 0 spiro atoms. The minimum Gasteiger partial charge on any atom is -0.450 e. The number of aromatic nitrogens is 1. The van der Waals surface area contributed by atoms with Crippen molar-refractivity contribution in [1.29, 1.82) is 5.26 Å². The summed E-state index contributed by atoms with van der Waals surface area (Å²) in [7, 11) is 0. The summed E-state index contributed by atoms with van der Waals surface area (Å²) in [6.07, 6.45) is 1.38. The van der Waals surface area contributed by atoms with E-state index in [0.717, 1.165) is 10.2 Å². The van der Waals surface area contributed by atoms with Gasteiger partial charge in [-0.05, 0) is 66.4 Å². The highest BCUT2D eigenvalue weighted by Crippen LogP contribution is 2.38. The summed E-state index contributed by atoms with van der Waals surface area (Å²) in [5.41, 5.74) is 2.48. The first-order chi connectivity index (χ1) is 19.0. The number of hydrogen-bond donors (Lipinski definition) is 1. The second-order valence-electron chi connectivity index (χ2n) is 8.37. The molecular weight excluding hydrogens is 532 g/mol. The standard InChI is InChI=1S/C29H16N4O4S2/c30-16-17(26(34)31-18-6-2-1-3-7-18)14-20-11-13-25(37-20)39-29-32-23-12-10-19(15-24(23)38-29)33-27(35)21-8-4-5-9-22(21)28(33)36/h1-15H,(H,31,34)/b17-14+. The Morgan fingerprint density at radius 2 is 1.69 bits per heavy atom. The van der Waals surface area contributed by atoms with Gasteiger partial charge in [0.25, 0.3) is 17.7 Å². The van der Waals surface area contributed by atoms with Crippen molar-refractivity contribution in [2.75, 3.05) is 10.2 Å². The molecule has 3 heterocycles. The van der Waals surface area contributed by atoms with Crippen LogP contribution in [0.25, 0.3) is 16.3 Å². The number of amides is 3. The molecule has 0 fully saturated rings. The molecule has 0 atom stereocenters. The number of furan rings is 1. The molecule has 1 aliphatic heterocycles. The number of carbonyl (C=O) groups excluding carboxylic acids is 3. The number of nitrogens with zero attached hydrogens (tertiary/aromatic N) is 3. The zero-order valence-corrected chi connectivity index (χ0v) is 21.6. The van der Waals surface area contributed by atoms with Gasteiger partial charge in [-0.15, -0.1) is 11.3 Å². The molecule has 0 bridgehead atoms. The van der Waals surface area contributed by atoms with Crippen LogP contribution < -0.4 is 10.2 Å². The second kappa shape index (κ2) is 10.1. The largest absolute Gasteiger partial charge is 0.450 e. The molecule has 5 aromatic rings. The second-order valence-corrected chi connectivity index (χ2v) is 10.7. The van der Waals surface area contributed by atoms with E-state index < -0.39 is 5.91 Å². The predicted octanol–water partition coefficient (Wildman–Crippen LogP) is 6.39. The van der Waals surface area contributed by atoms with E-state index >= 15 is 0 Å². The van der Waals surface area contributed by atoms with Crippen molar-refractivity contribution in [3.63, 3.8) is 0 Å². The number of carbonyl (C=O) groups is 3. The molecule has 1 aliphatic rings. The maximum absolute atomic E-state index is 12.9. The van der Waals surface area contributed by atoms with Crippen LogP contribution in [0.1, 0.15) is 26.5 Å². The summed E-state index contributed by atoms with van der Waals surface area (Å²) >= 11 is 2.69. The molecule has 6 rings (SSSR count). The van der Waals surface area contributed by atoms with E-state index in [2.05, 4.69) is 10.3 Å². The predicted molar refractivity (Wildman–Crippen MR) is 149 cm³/mol. The fourth-order valence-corrected chi connectivity index (χ4v) is 6.06. The van der Waals surface area contributed by atoms with Crippen molar-refractivity contribution in [2.24, 2.45) is 0 Å². The molecule has 10 heteroatoms. The van der Waals surface area contributed by atoms with E-state index in [1.165, 1.54) is 34.1 Å². The maximum atomic E-state index is 12.9. The highest BCUT2D eigenvalue weighted by molar-refractivity contribution is 8.01. The van der Waals surface area contributed by atoms with E-state index in [1.807, 2.05) is 12.1 Å². The van der Waals surface area contributed by atoms with Gasteiger partial charge in [0, 0.05) is 11.8 Å². The van der Waals surface area contributed by atoms with Crippen LogP contribution in [0.2, 0.25) is 0 Å². The van der Waals surface area contributed by atoms with E-state index in [9.17, 15) is 19.6 Å². The van der Waals surface area contributed by atoms with Crippen molar-refractivity contribution in [3.05, 3.63) is 107 Å². The first kappa shape index (κ1) is 24.4.